The lowest BCUT2D eigenvalue weighted by atomic mass is 9.94. The number of benzene rings is 1. The summed E-state index contributed by atoms with van der Waals surface area (Å²) in [5, 5.41) is 19.9. The summed E-state index contributed by atoms with van der Waals surface area (Å²) in [5.74, 6) is -1.49. The summed E-state index contributed by atoms with van der Waals surface area (Å²) in [6, 6.07) is 7.97. The Bertz CT molecular complexity index is 724. The molecule has 2 aliphatic rings. The van der Waals surface area contributed by atoms with Gasteiger partial charge in [-0.1, -0.05) is 37.3 Å². The molecule has 3 amide bonds. The third-order valence-corrected chi connectivity index (χ3v) is 5.48. The van der Waals surface area contributed by atoms with Crippen LogP contribution in [-0.4, -0.2) is 62.8 Å². The summed E-state index contributed by atoms with van der Waals surface area (Å²) in [7, 11) is 0. The van der Waals surface area contributed by atoms with Crippen molar-refractivity contribution in [3.8, 4) is 0 Å². The van der Waals surface area contributed by atoms with Crippen molar-refractivity contribution < 1.29 is 29.3 Å². The van der Waals surface area contributed by atoms with E-state index >= 15 is 0 Å². The summed E-state index contributed by atoms with van der Waals surface area (Å²) in [5.41, 5.74) is 0.787. The maximum Gasteiger partial charge on any atom is 0.417 e. The molecular weight excluding hydrogens is 352 g/mol. The van der Waals surface area contributed by atoms with Crippen molar-refractivity contribution in [1.29, 1.82) is 0 Å². The first kappa shape index (κ1) is 19.2. The quantitative estimate of drug-likeness (QED) is 0.834. The van der Waals surface area contributed by atoms with Gasteiger partial charge in [-0.3, -0.25) is 4.79 Å². The predicted molar refractivity (Wildman–Crippen MR) is 94.9 cm³/mol. The monoisotopic (exact) mass is 376 g/mol. The van der Waals surface area contributed by atoms with Crippen LogP contribution in [0, 0.1) is 5.92 Å². The van der Waals surface area contributed by atoms with Gasteiger partial charge in [0.25, 0.3) is 0 Å². The topological polar surface area (TPSA) is 107 Å². The van der Waals surface area contributed by atoms with E-state index in [9.17, 15) is 24.6 Å². The number of amides is 3. The van der Waals surface area contributed by atoms with Gasteiger partial charge in [0, 0.05) is 6.54 Å². The summed E-state index contributed by atoms with van der Waals surface area (Å²) in [4.78, 5) is 38.8. The second kappa shape index (κ2) is 7.56. The number of carbonyl (C=O) groups excluding carboxylic acids is 2. The Hall–Kier alpha value is -2.61. The van der Waals surface area contributed by atoms with E-state index in [0.717, 1.165) is 15.4 Å². The van der Waals surface area contributed by atoms with Crippen molar-refractivity contribution in [1.82, 2.24) is 9.80 Å². The summed E-state index contributed by atoms with van der Waals surface area (Å²) in [6.45, 7) is 3.57. The van der Waals surface area contributed by atoms with Gasteiger partial charge < -0.3 is 19.8 Å². The Morgan fingerprint density at radius 2 is 1.93 bits per heavy atom. The van der Waals surface area contributed by atoms with E-state index in [4.69, 9.17) is 4.74 Å². The Balaban J connectivity index is 1.74. The number of hydrogen-bond acceptors (Lipinski definition) is 5. The molecule has 2 aliphatic heterocycles. The van der Waals surface area contributed by atoms with Crippen molar-refractivity contribution in [2.24, 2.45) is 5.92 Å². The number of aliphatic hydroxyl groups excluding tert-OH is 1. The lowest BCUT2D eigenvalue weighted by Gasteiger charge is -2.31. The van der Waals surface area contributed by atoms with Crippen molar-refractivity contribution in [3.63, 3.8) is 0 Å². The molecule has 27 heavy (non-hydrogen) atoms. The Morgan fingerprint density at radius 3 is 2.56 bits per heavy atom. The molecule has 8 nitrogen and oxygen atoms in total. The molecule has 0 spiro atoms. The molecule has 0 bridgehead atoms. The highest BCUT2D eigenvalue weighted by Crippen LogP contribution is 2.34. The number of imide groups is 1. The third kappa shape index (κ3) is 3.49. The van der Waals surface area contributed by atoms with Crippen LogP contribution >= 0.6 is 0 Å². The number of aliphatic hydroxyl groups is 1. The molecule has 0 radical (unpaired) electrons. The fourth-order valence-electron chi connectivity index (χ4n) is 3.93. The molecule has 0 aromatic heterocycles. The Morgan fingerprint density at radius 1 is 1.26 bits per heavy atom. The van der Waals surface area contributed by atoms with Gasteiger partial charge in [-0.2, -0.15) is 0 Å². The van der Waals surface area contributed by atoms with Crippen molar-refractivity contribution in [3.05, 3.63) is 35.9 Å². The van der Waals surface area contributed by atoms with Crippen LogP contribution in [0.3, 0.4) is 0 Å². The molecule has 0 unspecified atom stereocenters. The molecule has 8 heteroatoms. The summed E-state index contributed by atoms with van der Waals surface area (Å²) >= 11 is 0. The molecule has 0 saturated carbocycles. The summed E-state index contributed by atoms with van der Waals surface area (Å²) < 4.78 is 5.39. The van der Waals surface area contributed by atoms with E-state index < -0.39 is 48.3 Å². The van der Waals surface area contributed by atoms with Gasteiger partial charge in [-0.15, -0.1) is 0 Å². The number of hydrogen-bond donors (Lipinski definition) is 2. The van der Waals surface area contributed by atoms with Gasteiger partial charge in [-0.25, -0.2) is 14.5 Å². The average Bonchev–Trinajstić information content (AvgIpc) is 3.25. The van der Waals surface area contributed by atoms with Crippen LogP contribution in [0.2, 0.25) is 0 Å². The minimum Gasteiger partial charge on any atom is -0.465 e. The van der Waals surface area contributed by atoms with E-state index in [-0.39, 0.29) is 0 Å². The molecule has 146 valence electrons. The highest BCUT2D eigenvalue weighted by Gasteiger charge is 2.47. The van der Waals surface area contributed by atoms with E-state index in [1.807, 2.05) is 30.3 Å². The second-order valence-corrected chi connectivity index (χ2v) is 7.13. The molecule has 2 saturated heterocycles. The zero-order valence-electron chi connectivity index (χ0n) is 15.3. The zero-order valence-corrected chi connectivity index (χ0v) is 15.3. The lowest BCUT2D eigenvalue weighted by molar-refractivity contribution is -0.137. The zero-order chi connectivity index (χ0) is 19.7. The van der Waals surface area contributed by atoms with Crippen LogP contribution in [0.25, 0.3) is 0 Å². The lowest BCUT2D eigenvalue weighted by Crippen LogP contribution is -2.50. The molecule has 1 aromatic rings. The average molecular weight is 376 g/mol. The molecule has 1 aromatic carbocycles. The van der Waals surface area contributed by atoms with Crippen LogP contribution in [0.4, 0.5) is 9.59 Å². The van der Waals surface area contributed by atoms with Gasteiger partial charge in [0.05, 0.1) is 24.1 Å². The van der Waals surface area contributed by atoms with Gasteiger partial charge in [0.15, 0.2) is 0 Å². The number of carboxylic acid groups (broad SMARTS) is 1. The van der Waals surface area contributed by atoms with Crippen molar-refractivity contribution in [2.45, 2.75) is 51.0 Å². The van der Waals surface area contributed by atoms with E-state index in [0.29, 0.717) is 19.4 Å². The number of ether oxygens (including phenoxy) is 1. The third-order valence-electron chi connectivity index (χ3n) is 5.48. The number of likely N-dealkylation sites (tertiary alicyclic amines) is 1. The fourth-order valence-corrected chi connectivity index (χ4v) is 3.93. The standard InChI is InChI=1S/C19H24N2O6/c1-11(15(22)14-9-6-10-20(14)18(24)25)17(23)21-12(2)16(27-19(21)26)13-7-4-3-5-8-13/h3-5,7-8,11-12,14-16,22H,6,9-10H2,1-2H3,(H,24,25)/t11-,12-,14+,15-,16-/m1/s1. The molecule has 2 fully saturated rings. The first-order chi connectivity index (χ1) is 12.8. The Kier molecular flexibility index (Phi) is 5.36. The molecule has 2 heterocycles. The first-order valence-corrected chi connectivity index (χ1v) is 9.09. The SMILES string of the molecule is C[C@@H]1[C@H](c2ccccc2)OC(=O)N1C(=O)[C@H](C)[C@@H](O)[C@@H]1CCCN1C(=O)O. The van der Waals surface area contributed by atoms with E-state index in [2.05, 4.69) is 0 Å². The number of rotatable bonds is 4. The van der Waals surface area contributed by atoms with Gasteiger partial charge in [-0.05, 0) is 25.3 Å². The van der Waals surface area contributed by atoms with Gasteiger partial charge >= 0.3 is 12.2 Å². The molecule has 2 N–H and O–H groups in total. The van der Waals surface area contributed by atoms with Gasteiger partial charge in [0.1, 0.15) is 6.10 Å². The van der Waals surface area contributed by atoms with Crippen LogP contribution in [0.15, 0.2) is 30.3 Å². The number of carbonyl (C=O) groups is 3. The molecule has 5 atom stereocenters. The summed E-state index contributed by atoms with van der Waals surface area (Å²) in [6.07, 6.45) is -2.51. The highest BCUT2D eigenvalue weighted by atomic mass is 16.6. The van der Waals surface area contributed by atoms with E-state index in [1.165, 1.54) is 6.92 Å². The van der Waals surface area contributed by atoms with Crippen molar-refractivity contribution in [2.75, 3.05) is 6.54 Å². The fraction of sp³-hybridized carbons (Fsp3) is 0.526. The number of nitrogens with zero attached hydrogens (tertiary/aromatic N) is 2. The maximum absolute atomic E-state index is 12.9. The number of cyclic esters (lactones) is 1. The second-order valence-electron chi connectivity index (χ2n) is 7.13. The smallest absolute Gasteiger partial charge is 0.417 e. The minimum atomic E-state index is -1.19. The molecule has 0 aliphatic carbocycles. The maximum atomic E-state index is 12.9. The highest BCUT2D eigenvalue weighted by molar-refractivity contribution is 5.95. The molecule has 3 rings (SSSR count). The van der Waals surface area contributed by atoms with Crippen LogP contribution in [0.5, 0.6) is 0 Å². The normalized spacial score (nSPS) is 27.4. The van der Waals surface area contributed by atoms with Crippen LogP contribution < -0.4 is 0 Å². The largest absolute Gasteiger partial charge is 0.465 e. The minimum absolute atomic E-state index is 0.330. The van der Waals surface area contributed by atoms with Crippen LogP contribution in [0.1, 0.15) is 38.4 Å². The Labute approximate surface area is 157 Å². The predicted octanol–water partition coefficient (Wildman–Crippen LogP) is 2.23. The van der Waals surface area contributed by atoms with E-state index in [1.54, 1.807) is 6.92 Å². The first-order valence-electron chi connectivity index (χ1n) is 9.09. The van der Waals surface area contributed by atoms with Crippen LogP contribution in [-0.2, 0) is 9.53 Å². The van der Waals surface area contributed by atoms with Crippen molar-refractivity contribution >= 4 is 18.1 Å². The van der Waals surface area contributed by atoms with Gasteiger partial charge in [0.2, 0.25) is 5.91 Å². The molecular formula is C19H24N2O6.